The van der Waals surface area contributed by atoms with E-state index in [0.29, 0.717) is 0 Å². The van der Waals surface area contributed by atoms with E-state index in [9.17, 15) is 0 Å². The number of allylic oxidation sites excluding steroid dienone is 2. The van der Waals surface area contributed by atoms with Crippen LogP contribution in [0.25, 0.3) is 17.2 Å². The third-order valence-corrected chi connectivity index (χ3v) is 5.53. The van der Waals surface area contributed by atoms with Gasteiger partial charge in [-0.2, -0.15) is 4.57 Å². The van der Waals surface area contributed by atoms with Crippen molar-refractivity contribution in [2.24, 2.45) is 0 Å². The van der Waals surface area contributed by atoms with Crippen molar-refractivity contribution in [1.82, 2.24) is 0 Å². The Morgan fingerprint density at radius 3 is 2.45 bits per heavy atom. The summed E-state index contributed by atoms with van der Waals surface area (Å²) in [4.78, 5) is 2.15. The van der Waals surface area contributed by atoms with Gasteiger partial charge in [0.25, 0.3) is 5.52 Å². The molecular weight excluding hydrogens is 392 g/mol. The smallest absolute Gasteiger partial charge is 0.374 e. The molecule has 4 rings (SSSR count). The number of aryl methyl sites for hydroxylation is 1. The second-order valence-electron chi connectivity index (χ2n) is 7.25. The lowest BCUT2D eigenvalue weighted by Gasteiger charge is -2.16. The Morgan fingerprint density at radius 1 is 1.03 bits per heavy atom. The number of hydrogen-bond acceptors (Lipinski definition) is 5. The SMILES string of the molecule is CCC(=C\c1oc2ccc(OC)cc2[n+]1CC)/C=C1/Oc2ccc(OC)cc2N1CC. The van der Waals surface area contributed by atoms with Crippen LogP contribution in [0.3, 0.4) is 0 Å². The zero-order valence-corrected chi connectivity index (χ0v) is 18.8. The fraction of sp³-hybridized carbons (Fsp3) is 0.320. The van der Waals surface area contributed by atoms with Crippen molar-refractivity contribution in [3.8, 4) is 17.2 Å². The standard InChI is InChI=1S/C25H29N2O4/c1-6-17(13-24-26(7-2)20-15-18(28-4)9-11-22(20)30-24)14-25-27(8-3)21-16-19(29-5)10-12-23(21)31-25/h9-16H,6-8H2,1-5H3/q+1. The molecule has 0 spiro atoms. The molecule has 0 atom stereocenters. The van der Waals surface area contributed by atoms with Crippen LogP contribution in [0, 0.1) is 0 Å². The Hall–Kier alpha value is -3.41. The highest BCUT2D eigenvalue weighted by atomic mass is 16.5. The van der Waals surface area contributed by atoms with E-state index in [2.05, 4.69) is 42.4 Å². The molecule has 0 radical (unpaired) electrons. The number of methoxy groups -OCH3 is 2. The lowest BCUT2D eigenvalue weighted by molar-refractivity contribution is -0.674. The first-order chi connectivity index (χ1) is 15.1. The first kappa shape index (κ1) is 20.8. The minimum atomic E-state index is 0.794. The fourth-order valence-corrected chi connectivity index (χ4v) is 3.85. The van der Waals surface area contributed by atoms with Crippen LogP contribution >= 0.6 is 0 Å². The number of fused-ring (bicyclic) bond motifs is 2. The van der Waals surface area contributed by atoms with Gasteiger partial charge in [-0.25, -0.2) is 0 Å². The number of benzene rings is 2. The van der Waals surface area contributed by atoms with E-state index >= 15 is 0 Å². The van der Waals surface area contributed by atoms with Gasteiger partial charge >= 0.3 is 5.89 Å². The Kier molecular flexibility index (Phi) is 5.89. The van der Waals surface area contributed by atoms with Crippen molar-refractivity contribution < 1.29 is 23.2 Å². The van der Waals surface area contributed by atoms with Crippen molar-refractivity contribution in [2.75, 3.05) is 25.7 Å². The van der Waals surface area contributed by atoms with Crippen LogP contribution in [0.2, 0.25) is 0 Å². The van der Waals surface area contributed by atoms with Crippen LogP contribution < -0.4 is 23.7 Å². The highest BCUT2D eigenvalue weighted by molar-refractivity contribution is 5.72. The third-order valence-electron chi connectivity index (χ3n) is 5.53. The van der Waals surface area contributed by atoms with Gasteiger partial charge in [-0.15, -0.1) is 0 Å². The molecule has 0 N–H and O–H groups in total. The summed E-state index contributed by atoms with van der Waals surface area (Å²) in [5, 5.41) is 0. The summed E-state index contributed by atoms with van der Waals surface area (Å²) in [6.45, 7) is 7.94. The predicted octanol–water partition coefficient (Wildman–Crippen LogP) is 5.31. The summed E-state index contributed by atoms with van der Waals surface area (Å²) in [6.07, 6.45) is 5.02. The topological polar surface area (TPSA) is 48.0 Å². The zero-order valence-electron chi connectivity index (χ0n) is 18.8. The monoisotopic (exact) mass is 421 g/mol. The van der Waals surface area contributed by atoms with Crippen molar-refractivity contribution in [3.63, 3.8) is 0 Å². The van der Waals surface area contributed by atoms with E-state index in [-0.39, 0.29) is 0 Å². The molecule has 1 aliphatic heterocycles. The molecule has 6 heteroatoms. The second kappa shape index (κ2) is 8.76. The van der Waals surface area contributed by atoms with Crippen LogP contribution in [0.1, 0.15) is 33.1 Å². The van der Waals surface area contributed by atoms with E-state index in [1.54, 1.807) is 14.2 Å². The molecule has 31 heavy (non-hydrogen) atoms. The van der Waals surface area contributed by atoms with Gasteiger partial charge in [0, 0.05) is 18.7 Å². The van der Waals surface area contributed by atoms with Crippen LogP contribution in [0.15, 0.2) is 58.3 Å². The molecule has 2 aromatic carbocycles. The number of hydrogen-bond donors (Lipinski definition) is 0. The van der Waals surface area contributed by atoms with Gasteiger partial charge in [0.1, 0.15) is 18.0 Å². The van der Waals surface area contributed by atoms with Gasteiger partial charge in [-0.05, 0) is 50.1 Å². The summed E-state index contributed by atoms with van der Waals surface area (Å²) >= 11 is 0. The first-order valence-electron chi connectivity index (χ1n) is 10.7. The first-order valence-corrected chi connectivity index (χ1v) is 10.7. The fourth-order valence-electron chi connectivity index (χ4n) is 3.85. The molecular formula is C25H29N2O4+. The second-order valence-corrected chi connectivity index (χ2v) is 7.25. The molecule has 0 saturated carbocycles. The maximum Gasteiger partial charge on any atom is 0.374 e. The Bertz CT molecular complexity index is 1160. The van der Waals surface area contributed by atoms with Gasteiger partial charge in [-0.3, -0.25) is 0 Å². The quantitative estimate of drug-likeness (QED) is 0.484. The summed E-state index contributed by atoms with van der Waals surface area (Å²) in [6, 6.07) is 11.7. The average molecular weight is 422 g/mol. The van der Waals surface area contributed by atoms with Gasteiger partial charge in [0.2, 0.25) is 11.5 Å². The highest BCUT2D eigenvalue weighted by Gasteiger charge is 2.26. The molecule has 2 heterocycles. The van der Waals surface area contributed by atoms with Gasteiger partial charge in [0.05, 0.1) is 32.0 Å². The van der Waals surface area contributed by atoms with E-state index in [0.717, 1.165) is 70.9 Å². The molecule has 162 valence electrons. The zero-order chi connectivity index (χ0) is 22.0. The summed E-state index contributed by atoms with van der Waals surface area (Å²) in [5.41, 5.74) is 3.98. The molecule has 1 aliphatic rings. The van der Waals surface area contributed by atoms with E-state index in [4.69, 9.17) is 18.6 Å². The largest absolute Gasteiger partial charge is 0.497 e. The summed E-state index contributed by atoms with van der Waals surface area (Å²) in [5.74, 6) is 4.08. The Labute approximate surface area is 182 Å². The van der Waals surface area contributed by atoms with Gasteiger partial charge < -0.3 is 23.5 Å². The van der Waals surface area contributed by atoms with Crippen LogP contribution in [-0.2, 0) is 6.54 Å². The molecule has 6 nitrogen and oxygen atoms in total. The van der Waals surface area contributed by atoms with Crippen LogP contribution in [-0.4, -0.2) is 20.8 Å². The Balaban J connectivity index is 1.73. The summed E-state index contributed by atoms with van der Waals surface area (Å²) < 4.78 is 25.2. The maximum absolute atomic E-state index is 6.16. The van der Waals surface area contributed by atoms with Crippen molar-refractivity contribution in [2.45, 2.75) is 33.7 Å². The lowest BCUT2D eigenvalue weighted by atomic mass is 10.2. The molecule has 0 unspecified atom stereocenters. The van der Waals surface area contributed by atoms with E-state index < -0.39 is 0 Å². The normalized spacial score (nSPS) is 14.8. The van der Waals surface area contributed by atoms with Gasteiger partial charge in [0.15, 0.2) is 5.75 Å². The van der Waals surface area contributed by atoms with E-state index in [1.807, 2.05) is 36.4 Å². The van der Waals surface area contributed by atoms with Crippen LogP contribution in [0.4, 0.5) is 5.69 Å². The maximum atomic E-state index is 6.16. The lowest BCUT2D eigenvalue weighted by Crippen LogP contribution is -2.33. The molecule has 0 aliphatic carbocycles. The molecule has 1 aromatic heterocycles. The van der Waals surface area contributed by atoms with Crippen molar-refractivity contribution >= 4 is 22.9 Å². The third kappa shape index (κ3) is 3.85. The molecule has 0 fully saturated rings. The number of oxazole rings is 1. The van der Waals surface area contributed by atoms with Crippen LogP contribution in [0.5, 0.6) is 17.2 Å². The molecule has 3 aromatic rings. The number of nitrogens with zero attached hydrogens (tertiary/aromatic N) is 2. The van der Waals surface area contributed by atoms with Gasteiger partial charge in [-0.1, -0.05) is 6.92 Å². The minimum Gasteiger partial charge on any atom is -0.497 e. The number of rotatable bonds is 7. The molecule has 0 bridgehead atoms. The number of ether oxygens (including phenoxy) is 3. The number of aromatic nitrogens is 1. The Morgan fingerprint density at radius 2 is 1.77 bits per heavy atom. The molecule has 0 saturated heterocycles. The molecule has 0 amide bonds. The minimum absolute atomic E-state index is 0.794. The van der Waals surface area contributed by atoms with Crippen molar-refractivity contribution in [3.05, 3.63) is 59.8 Å². The number of anilines is 1. The van der Waals surface area contributed by atoms with Crippen molar-refractivity contribution in [1.29, 1.82) is 0 Å². The predicted molar refractivity (Wildman–Crippen MR) is 122 cm³/mol. The highest BCUT2D eigenvalue weighted by Crippen LogP contribution is 2.41. The summed E-state index contributed by atoms with van der Waals surface area (Å²) in [7, 11) is 3.35. The average Bonchev–Trinajstić information content (AvgIpc) is 3.33. The van der Waals surface area contributed by atoms with E-state index in [1.165, 1.54) is 0 Å².